The first kappa shape index (κ1) is 8.69. The smallest absolute Gasteiger partial charge is 0.338 e. The predicted octanol–water partition coefficient (Wildman–Crippen LogP) is 1.44. The van der Waals surface area contributed by atoms with E-state index < -0.39 is 5.97 Å². The second-order valence-corrected chi connectivity index (χ2v) is 2.96. The SMILES string of the molecule is COC(=O)C1=CC(=O)c2ccccc21. The molecule has 14 heavy (non-hydrogen) atoms. The first-order valence-corrected chi connectivity index (χ1v) is 4.18. The van der Waals surface area contributed by atoms with Gasteiger partial charge < -0.3 is 4.74 Å². The first-order valence-electron chi connectivity index (χ1n) is 4.18. The van der Waals surface area contributed by atoms with Crippen LogP contribution in [0.4, 0.5) is 0 Å². The van der Waals surface area contributed by atoms with Crippen LogP contribution in [-0.4, -0.2) is 18.9 Å². The lowest BCUT2D eigenvalue weighted by molar-refractivity contribution is -0.133. The van der Waals surface area contributed by atoms with E-state index in [0.717, 1.165) is 0 Å². The van der Waals surface area contributed by atoms with Crippen molar-refractivity contribution in [3.63, 3.8) is 0 Å². The van der Waals surface area contributed by atoms with Gasteiger partial charge in [-0.15, -0.1) is 0 Å². The van der Waals surface area contributed by atoms with Crippen molar-refractivity contribution in [1.29, 1.82) is 0 Å². The van der Waals surface area contributed by atoms with Crippen molar-refractivity contribution in [2.24, 2.45) is 0 Å². The Morgan fingerprint density at radius 1 is 1.21 bits per heavy atom. The summed E-state index contributed by atoms with van der Waals surface area (Å²) in [4.78, 5) is 22.7. The van der Waals surface area contributed by atoms with Crippen LogP contribution < -0.4 is 0 Å². The maximum atomic E-state index is 11.4. The van der Waals surface area contributed by atoms with Gasteiger partial charge in [-0.3, -0.25) is 4.79 Å². The van der Waals surface area contributed by atoms with Gasteiger partial charge >= 0.3 is 5.97 Å². The number of methoxy groups -OCH3 is 1. The van der Waals surface area contributed by atoms with Crippen LogP contribution in [-0.2, 0) is 9.53 Å². The number of fused-ring (bicyclic) bond motifs is 1. The molecule has 70 valence electrons. The largest absolute Gasteiger partial charge is 0.465 e. The van der Waals surface area contributed by atoms with E-state index >= 15 is 0 Å². The Labute approximate surface area is 81.0 Å². The number of esters is 1. The summed E-state index contributed by atoms with van der Waals surface area (Å²) in [7, 11) is 1.30. The Hall–Kier alpha value is -1.90. The lowest BCUT2D eigenvalue weighted by atomic mass is 10.1. The van der Waals surface area contributed by atoms with Gasteiger partial charge in [-0.25, -0.2) is 4.79 Å². The number of allylic oxidation sites excluding steroid dienone is 1. The van der Waals surface area contributed by atoms with Gasteiger partial charge in [0.2, 0.25) is 0 Å². The average molecular weight is 188 g/mol. The average Bonchev–Trinajstić information content (AvgIpc) is 2.56. The molecule has 1 aliphatic carbocycles. The van der Waals surface area contributed by atoms with Crippen molar-refractivity contribution in [3.05, 3.63) is 41.5 Å². The molecule has 0 atom stereocenters. The summed E-state index contributed by atoms with van der Waals surface area (Å²) < 4.78 is 4.58. The molecular weight excluding hydrogens is 180 g/mol. The zero-order valence-corrected chi connectivity index (χ0v) is 7.61. The van der Waals surface area contributed by atoms with E-state index in [0.29, 0.717) is 16.7 Å². The third-order valence-corrected chi connectivity index (χ3v) is 2.16. The fourth-order valence-electron chi connectivity index (χ4n) is 1.50. The van der Waals surface area contributed by atoms with Crippen molar-refractivity contribution in [3.8, 4) is 0 Å². The standard InChI is InChI=1S/C11H8O3/c1-14-11(13)9-6-10(12)8-5-3-2-4-7(8)9/h2-6H,1H3. The molecule has 0 aromatic heterocycles. The normalized spacial score (nSPS) is 13.5. The van der Waals surface area contributed by atoms with E-state index in [1.807, 2.05) is 0 Å². The van der Waals surface area contributed by atoms with Crippen molar-refractivity contribution < 1.29 is 14.3 Å². The molecular formula is C11H8O3. The van der Waals surface area contributed by atoms with Gasteiger partial charge in [0, 0.05) is 17.2 Å². The molecule has 0 saturated carbocycles. The van der Waals surface area contributed by atoms with Crippen molar-refractivity contribution in [2.75, 3.05) is 7.11 Å². The van der Waals surface area contributed by atoms with E-state index in [1.165, 1.54) is 13.2 Å². The topological polar surface area (TPSA) is 43.4 Å². The Kier molecular flexibility index (Phi) is 1.93. The van der Waals surface area contributed by atoms with E-state index in [2.05, 4.69) is 4.74 Å². The van der Waals surface area contributed by atoms with Gasteiger partial charge in [-0.1, -0.05) is 24.3 Å². The molecule has 1 aromatic carbocycles. The Bertz CT molecular complexity index is 444. The summed E-state index contributed by atoms with van der Waals surface area (Å²) in [5, 5.41) is 0. The van der Waals surface area contributed by atoms with Crippen LogP contribution in [0.2, 0.25) is 0 Å². The van der Waals surface area contributed by atoms with E-state index in [1.54, 1.807) is 24.3 Å². The fourth-order valence-corrected chi connectivity index (χ4v) is 1.50. The van der Waals surface area contributed by atoms with Gasteiger partial charge in [-0.2, -0.15) is 0 Å². The third kappa shape index (κ3) is 1.14. The maximum Gasteiger partial charge on any atom is 0.338 e. The van der Waals surface area contributed by atoms with Crippen LogP contribution in [0.25, 0.3) is 5.57 Å². The van der Waals surface area contributed by atoms with Gasteiger partial charge in [0.25, 0.3) is 0 Å². The summed E-state index contributed by atoms with van der Waals surface area (Å²) in [6.45, 7) is 0. The lowest BCUT2D eigenvalue weighted by Gasteiger charge is -2.01. The minimum absolute atomic E-state index is 0.138. The predicted molar refractivity (Wildman–Crippen MR) is 50.8 cm³/mol. The molecule has 0 unspecified atom stereocenters. The highest BCUT2D eigenvalue weighted by molar-refractivity contribution is 6.30. The number of benzene rings is 1. The Morgan fingerprint density at radius 3 is 2.50 bits per heavy atom. The van der Waals surface area contributed by atoms with Gasteiger partial charge in [-0.05, 0) is 0 Å². The first-order chi connectivity index (χ1) is 6.74. The minimum atomic E-state index is -0.469. The highest BCUT2D eigenvalue weighted by Crippen LogP contribution is 2.27. The fraction of sp³-hybridized carbons (Fsp3) is 0.0909. The molecule has 0 spiro atoms. The second kappa shape index (κ2) is 3.10. The van der Waals surface area contributed by atoms with Crippen LogP contribution in [0, 0.1) is 0 Å². The molecule has 3 nitrogen and oxygen atoms in total. The molecule has 2 rings (SSSR count). The maximum absolute atomic E-state index is 11.4. The number of hydrogen-bond donors (Lipinski definition) is 0. The van der Waals surface area contributed by atoms with Crippen molar-refractivity contribution >= 4 is 17.3 Å². The van der Waals surface area contributed by atoms with Crippen LogP contribution in [0.5, 0.6) is 0 Å². The summed E-state index contributed by atoms with van der Waals surface area (Å²) >= 11 is 0. The zero-order chi connectivity index (χ0) is 10.1. The van der Waals surface area contributed by atoms with Crippen molar-refractivity contribution in [2.45, 2.75) is 0 Å². The number of ketones is 1. The summed E-state index contributed by atoms with van der Waals surface area (Å²) in [6, 6.07) is 6.99. The molecule has 0 N–H and O–H groups in total. The number of carbonyl (C=O) groups excluding carboxylic acids is 2. The Morgan fingerprint density at radius 2 is 1.86 bits per heavy atom. The van der Waals surface area contributed by atoms with Crippen molar-refractivity contribution in [1.82, 2.24) is 0 Å². The zero-order valence-electron chi connectivity index (χ0n) is 7.61. The van der Waals surface area contributed by atoms with Crippen LogP contribution in [0.15, 0.2) is 30.3 Å². The molecule has 0 bridgehead atoms. The van der Waals surface area contributed by atoms with Gasteiger partial charge in [0.05, 0.1) is 12.7 Å². The van der Waals surface area contributed by atoms with E-state index in [-0.39, 0.29) is 5.78 Å². The second-order valence-electron chi connectivity index (χ2n) is 2.96. The molecule has 0 radical (unpaired) electrons. The molecule has 0 amide bonds. The molecule has 0 saturated heterocycles. The lowest BCUT2D eigenvalue weighted by Crippen LogP contribution is -2.02. The monoisotopic (exact) mass is 188 g/mol. The number of ether oxygens (including phenoxy) is 1. The molecule has 3 heteroatoms. The van der Waals surface area contributed by atoms with E-state index in [9.17, 15) is 9.59 Å². The summed E-state index contributed by atoms with van der Waals surface area (Å²) in [6.07, 6.45) is 1.32. The highest BCUT2D eigenvalue weighted by Gasteiger charge is 2.25. The molecule has 0 aliphatic heterocycles. The number of rotatable bonds is 1. The summed E-state index contributed by atoms with van der Waals surface area (Å²) in [5.74, 6) is -0.607. The quantitative estimate of drug-likeness (QED) is 0.626. The number of carbonyl (C=O) groups is 2. The van der Waals surface area contributed by atoms with Gasteiger partial charge in [0.1, 0.15) is 0 Å². The van der Waals surface area contributed by atoms with Gasteiger partial charge in [0.15, 0.2) is 5.78 Å². The number of hydrogen-bond acceptors (Lipinski definition) is 3. The van der Waals surface area contributed by atoms with E-state index in [4.69, 9.17) is 0 Å². The minimum Gasteiger partial charge on any atom is -0.465 e. The Balaban J connectivity index is 2.54. The molecule has 1 aliphatic rings. The third-order valence-electron chi connectivity index (χ3n) is 2.16. The van der Waals surface area contributed by atoms with Crippen LogP contribution in [0.3, 0.4) is 0 Å². The van der Waals surface area contributed by atoms with Crippen LogP contribution in [0.1, 0.15) is 15.9 Å². The molecule has 0 fully saturated rings. The molecule has 0 heterocycles. The van der Waals surface area contributed by atoms with Crippen LogP contribution >= 0.6 is 0 Å². The highest BCUT2D eigenvalue weighted by atomic mass is 16.5. The molecule has 1 aromatic rings. The summed E-state index contributed by atoms with van der Waals surface area (Å²) in [5.41, 5.74) is 1.56.